The van der Waals surface area contributed by atoms with Crippen molar-refractivity contribution in [3.05, 3.63) is 23.3 Å². The number of ether oxygens (including phenoxy) is 2. The Morgan fingerprint density at radius 1 is 1.36 bits per heavy atom. The van der Waals surface area contributed by atoms with Gasteiger partial charge < -0.3 is 0 Å². The predicted octanol–water partition coefficient (Wildman–Crippen LogP) is 2.46. The van der Waals surface area contributed by atoms with E-state index in [4.69, 9.17) is 9.47 Å². The third-order valence-electron chi connectivity index (χ3n) is 5.06. The molecule has 0 bridgehead atoms. The summed E-state index contributed by atoms with van der Waals surface area (Å²) in [5.41, 5.74) is 1.73. The molecule has 1 fully saturated rings. The standard InChI is InChI=1S/C19H27N3O4.O.V/c1-12(2)25-8-5-9-26-17-11-16-14(10-13(17)3)18(23)21-7-4-6-15(21)19(24)22(16)20;;/h10-12,15,19,24H,4-9H2,1-3H3;;/t15-,19?;;/m0../s1. The molecule has 0 saturated carbocycles. The van der Waals surface area contributed by atoms with Crippen LogP contribution in [0.1, 0.15) is 49.0 Å². The minimum atomic E-state index is -1.56. The maximum absolute atomic E-state index is 13.1. The minimum absolute atomic E-state index is 0.128. The molecule has 1 saturated heterocycles. The Morgan fingerprint density at radius 3 is 2.86 bits per heavy atom. The van der Waals surface area contributed by atoms with Gasteiger partial charge >= 0.3 is 172 Å². The molecule has 28 heavy (non-hydrogen) atoms. The van der Waals surface area contributed by atoms with Gasteiger partial charge in [-0.2, -0.15) is 0 Å². The van der Waals surface area contributed by atoms with Gasteiger partial charge in [0.15, 0.2) is 0 Å². The summed E-state index contributed by atoms with van der Waals surface area (Å²) in [6, 6.07) is 3.14. The SMILES string of the molecule is Cc1cc2c(cc1OCCCOC(C)C)N([N]=[V]=[O])C(O)[C@@H]1CCCN1C2=O. The van der Waals surface area contributed by atoms with Crippen LogP contribution in [0.5, 0.6) is 5.75 Å². The van der Waals surface area contributed by atoms with Crippen molar-refractivity contribution >= 4 is 11.6 Å². The number of benzene rings is 1. The van der Waals surface area contributed by atoms with Crippen LogP contribution in [0.4, 0.5) is 5.69 Å². The van der Waals surface area contributed by atoms with Gasteiger partial charge in [0.2, 0.25) is 0 Å². The monoisotopic (exact) mass is 428 g/mol. The van der Waals surface area contributed by atoms with Gasteiger partial charge in [-0.25, -0.2) is 0 Å². The first-order chi connectivity index (χ1) is 13.4. The molecule has 2 atom stereocenters. The number of rotatable bonds is 7. The molecule has 9 heteroatoms. The van der Waals surface area contributed by atoms with E-state index in [0.717, 1.165) is 18.4 Å². The number of nitrogens with zero attached hydrogens (tertiary/aromatic N) is 3. The quantitative estimate of drug-likeness (QED) is 0.671. The normalized spacial score (nSPS) is 21.2. The van der Waals surface area contributed by atoms with Crippen molar-refractivity contribution in [2.75, 3.05) is 24.8 Å². The zero-order chi connectivity index (χ0) is 20.3. The van der Waals surface area contributed by atoms with Gasteiger partial charge in [0.05, 0.1) is 0 Å². The number of carbonyl (C=O) groups is 1. The van der Waals surface area contributed by atoms with Crippen molar-refractivity contribution in [3.63, 3.8) is 0 Å². The van der Waals surface area contributed by atoms with Crippen molar-refractivity contribution in [1.82, 2.24) is 4.90 Å². The molecule has 1 N–H and O–H groups in total. The summed E-state index contributed by atoms with van der Waals surface area (Å²) in [4.78, 5) is 14.8. The molecule has 0 aromatic heterocycles. The molecule has 1 aromatic carbocycles. The van der Waals surface area contributed by atoms with Crippen LogP contribution in [0.25, 0.3) is 0 Å². The Balaban J connectivity index is 1.88. The van der Waals surface area contributed by atoms with E-state index in [1.165, 1.54) is 5.01 Å². The second kappa shape index (κ2) is 9.26. The fourth-order valence-electron chi connectivity index (χ4n) is 3.71. The van der Waals surface area contributed by atoms with Crippen LogP contribution in [0, 0.1) is 6.92 Å². The molecular weight excluding hydrogens is 401 g/mol. The first-order valence-electron chi connectivity index (χ1n) is 9.64. The summed E-state index contributed by atoms with van der Waals surface area (Å²) in [7, 11) is 0. The number of aliphatic hydroxyl groups excluding tert-OH is 1. The fraction of sp³-hybridized carbons (Fsp3) is 0.632. The Kier molecular flexibility index (Phi) is 6.98. The average molecular weight is 428 g/mol. The molecule has 0 radical (unpaired) electrons. The molecule has 0 spiro atoms. The van der Waals surface area contributed by atoms with E-state index in [0.29, 0.717) is 43.2 Å². The van der Waals surface area contributed by atoms with E-state index < -0.39 is 22.3 Å². The van der Waals surface area contributed by atoms with Crippen molar-refractivity contribution in [3.8, 4) is 5.75 Å². The van der Waals surface area contributed by atoms with Gasteiger partial charge in [0.1, 0.15) is 0 Å². The molecule has 0 aliphatic carbocycles. The van der Waals surface area contributed by atoms with Crippen LogP contribution in [0.3, 0.4) is 0 Å². The number of fused-ring (bicyclic) bond motifs is 2. The third kappa shape index (κ3) is 4.35. The Hall–Kier alpha value is -1.61. The topological polar surface area (TPSA) is 91.7 Å². The van der Waals surface area contributed by atoms with E-state index in [2.05, 4.69) is 3.90 Å². The van der Waals surface area contributed by atoms with Gasteiger partial charge in [0.25, 0.3) is 0 Å². The van der Waals surface area contributed by atoms with Crippen LogP contribution in [-0.2, 0) is 24.5 Å². The third-order valence-corrected chi connectivity index (χ3v) is 5.47. The molecule has 1 amide bonds. The summed E-state index contributed by atoms with van der Waals surface area (Å²) < 4.78 is 26.8. The van der Waals surface area contributed by atoms with Crippen LogP contribution in [0.15, 0.2) is 16.0 Å². The van der Waals surface area contributed by atoms with Gasteiger partial charge in [-0.1, -0.05) is 0 Å². The number of hydrogen-bond acceptors (Lipinski definition) is 7. The van der Waals surface area contributed by atoms with E-state index >= 15 is 0 Å². The number of carbonyl (C=O) groups excluding carboxylic acids is 1. The Bertz CT molecular complexity index is 781. The second-order valence-corrected chi connectivity index (χ2v) is 7.93. The average Bonchev–Trinajstić information content (AvgIpc) is 3.13. The summed E-state index contributed by atoms with van der Waals surface area (Å²) in [5, 5.41) is 12.2. The summed E-state index contributed by atoms with van der Waals surface area (Å²) in [6.07, 6.45) is 1.43. The molecule has 2 aliphatic heterocycles. The van der Waals surface area contributed by atoms with E-state index in [9.17, 15) is 13.6 Å². The number of aryl methyl sites for hydroxylation is 1. The van der Waals surface area contributed by atoms with Gasteiger partial charge in [-0.3, -0.25) is 0 Å². The van der Waals surface area contributed by atoms with E-state index in [1.54, 1.807) is 17.0 Å². The van der Waals surface area contributed by atoms with Crippen molar-refractivity contribution in [1.29, 1.82) is 0 Å². The summed E-state index contributed by atoms with van der Waals surface area (Å²) in [6.45, 7) is 7.55. The first-order valence-corrected chi connectivity index (χ1v) is 10.8. The molecule has 1 aromatic rings. The number of anilines is 1. The zero-order valence-electron chi connectivity index (χ0n) is 16.5. The number of hydrogen-bond donors (Lipinski definition) is 1. The molecular formula is C19H27N3O5V. The van der Waals surface area contributed by atoms with Crippen LogP contribution in [0.2, 0.25) is 0 Å². The zero-order valence-corrected chi connectivity index (χ0v) is 17.9. The summed E-state index contributed by atoms with van der Waals surface area (Å²) >= 11 is -1.56. The van der Waals surface area contributed by atoms with Crippen LogP contribution >= 0.6 is 0 Å². The molecule has 8 nitrogen and oxygen atoms in total. The molecule has 1 unspecified atom stereocenters. The van der Waals surface area contributed by atoms with E-state index in [-0.39, 0.29) is 18.1 Å². The van der Waals surface area contributed by atoms with Crippen molar-refractivity contribution < 1.29 is 39.1 Å². The van der Waals surface area contributed by atoms with Crippen molar-refractivity contribution in [2.45, 2.75) is 58.4 Å². The maximum atomic E-state index is 13.1. The summed E-state index contributed by atoms with van der Waals surface area (Å²) in [5.74, 6) is 0.490. The molecule has 2 heterocycles. The van der Waals surface area contributed by atoms with E-state index in [1.807, 2.05) is 20.8 Å². The predicted molar refractivity (Wildman–Crippen MR) is 98.0 cm³/mol. The van der Waals surface area contributed by atoms with Gasteiger partial charge in [-0.05, 0) is 0 Å². The molecule has 153 valence electrons. The first kappa shape index (κ1) is 21.1. The van der Waals surface area contributed by atoms with Crippen molar-refractivity contribution in [2.24, 2.45) is 3.90 Å². The van der Waals surface area contributed by atoms with Crippen LogP contribution in [-0.4, -0.2) is 54.0 Å². The second-order valence-electron chi connectivity index (χ2n) is 7.39. The molecule has 2 aliphatic rings. The van der Waals surface area contributed by atoms with Gasteiger partial charge in [0, 0.05) is 0 Å². The van der Waals surface area contributed by atoms with Crippen LogP contribution < -0.4 is 9.75 Å². The van der Waals surface area contributed by atoms with Gasteiger partial charge in [-0.15, -0.1) is 0 Å². The number of amides is 1. The fourth-order valence-corrected chi connectivity index (χ4v) is 4.15. The molecule has 3 rings (SSSR count). The number of aliphatic hydroxyl groups is 1. The Morgan fingerprint density at radius 2 is 2.14 bits per heavy atom. The Labute approximate surface area is 171 Å².